The first-order valence-electron chi connectivity index (χ1n) is 7.62. The van der Waals surface area contributed by atoms with Crippen molar-refractivity contribution in [2.75, 3.05) is 32.1 Å². The van der Waals surface area contributed by atoms with Crippen molar-refractivity contribution in [3.8, 4) is 11.5 Å². The van der Waals surface area contributed by atoms with Crippen LogP contribution in [0, 0.1) is 0 Å². The van der Waals surface area contributed by atoms with Gasteiger partial charge in [-0.15, -0.1) is 0 Å². The third-order valence-electron chi connectivity index (χ3n) is 3.49. The summed E-state index contributed by atoms with van der Waals surface area (Å²) in [6.45, 7) is 1.09. The minimum Gasteiger partial charge on any atom is -0.490 e. The van der Waals surface area contributed by atoms with Gasteiger partial charge < -0.3 is 24.1 Å². The molecule has 1 N–H and O–H groups in total. The van der Waals surface area contributed by atoms with Gasteiger partial charge in [-0.2, -0.15) is 0 Å². The Morgan fingerprint density at radius 1 is 1.17 bits per heavy atom. The fraction of sp³-hybridized carbons (Fsp3) is 0.294. The van der Waals surface area contributed by atoms with Gasteiger partial charge in [0.2, 0.25) is 5.91 Å². The molecule has 1 aromatic heterocycles. The number of carbonyl (C=O) groups is 2. The monoisotopic (exact) mass is 330 g/mol. The molecule has 0 fully saturated rings. The smallest absolute Gasteiger partial charge is 0.289 e. The third kappa shape index (κ3) is 3.68. The number of ether oxygens (including phenoxy) is 2. The maximum Gasteiger partial charge on any atom is 0.289 e. The average molecular weight is 330 g/mol. The molecule has 2 aromatic rings. The van der Waals surface area contributed by atoms with E-state index in [-0.39, 0.29) is 24.1 Å². The quantitative estimate of drug-likeness (QED) is 0.929. The number of anilines is 1. The van der Waals surface area contributed by atoms with E-state index in [9.17, 15) is 9.59 Å². The molecule has 24 heavy (non-hydrogen) atoms. The molecule has 3 rings (SSSR count). The Morgan fingerprint density at radius 3 is 2.71 bits per heavy atom. The highest BCUT2D eigenvalue weighted by atomic mass is 16.5. The standard InChI is InChI=1S/C17H18N2O5/c1-19(17(21)14-4-2-7-23-14)11-16(20)18-12-5-6-13-15(10-12)24-9-3-8-22-13/h2,4-7,10H,3,8-9,11H2,1H3,(H,18,20). The van der Waals surface area contributed by atoms with Crippen molar-refractivity contribution < 1.29 is 23.5 Å². The van der Waals surface area contributed by atoms with Gasteiger partial charge >= 0.3 is 0 Å². The molecule has 0 atom stereocenters. The number of hydrogen-bond donors (Lipinski definition) is 1. The summed E-state index contributed by atoms with van der Waals surface area (Å²) in [5.74, 6) is 0.794. The van der Waals surface area contributed by atoms with Crippen LogP contribution in [-0.2, 0) is 4.79 Å². The van der Waals surface area contributed by atoms with E-state index in [2.05, 4.69) is 5.32 Å². The summed E-state index contributed by atoms with van der Waals surface area (Å²) in [7, 11) is 1.54. The first-order chi connectivity index (χ1) is 11.6. The van der Waals surface area contributed by atoms with Crippen LogP contribution in [0.1, 0.15) is 17.0 Å². The van der Waals surface area contributed by atoms with E-state index in [0.717, 1.165) is 6.42 Å². The highest BCUT2D eigenvalue weighted by Crippen LogP contribution is 2.32. The van der Waals surface area contributed by atoms with E-state index < -0.39 is 0 Å². The molecule has 126 valence electrons. The van der Waals surface area contributed by atoms with Crippen molar-refractivity contribution in [1.82, 2.24) is 4.90 Å². The summed E-state index contributed by atoms with van der Waals surface area (Å²) in [6, 6.07) is 8.39. The second-order valence-corrected chi connectivity index (χ2v) is 5.40. The van der Waals surface area contributed by atoms with Gasteiger partial charge in [-0.05, 0) is 24.3 Å². The zero-order valence-corrected chi connectivity index (χ0v) is 13.3. The second-order valence-electron chi connectivity index (χ2n) is 5.40. The minimum atomic E-state index is -0.353. The number of carbonyl (C=O) groups excluding carboxylic acids is 2. The normalized spacial score (nSPS) is 13.0. The molecule has 0 radical (unpaired) electrons. The van der Waals surface area contributed by atoms with Crippen LogP contribution in [0.3, 0.4) is 0 Å². The first-order valence-corrected chi connectivity index (χ1v) is 7.62. The highest BCUT2D eigenvalue weighted by Gasteiger charge is 2.18. The fourth-order valence-corrected chi connectivity index (χ4v) is 2.32. The molecule has 7 nitrogen and oxygen atoms in total. The van der Waals surface area contributed by atoms with Crippen LogP contribution >= 0.6 is 0 Å². The van der Waals surface area contributed by atoms with Gasteiger partial charge in [-0.3, -0.25) is 9.59 Å². The number of furan rings is 1. The van der Waals surface area contributed by atoms with Crippen molar-refractivity contribution >= 4 is 17.5 Å². The largest absolute Gasteiger partial charge is 0.490 e. The summed E-state index contributed by atoms with van der Waals surface area (Å²) in [6.07, 6.45) is 2.23. The lowest BCUT2D eigenvalue weighted by molar-refractivity contribution is -0.116. The summed E-state index contributed by atoms with van der Waals surface area (Å²) in [5.41, 5.74) is 0.586. The van der Waals surface area contributed by atoms with Gasteiger partial charge in [-0.1, -0.05) is 0 Å². The van der Waals surface area contributed by atoms with Gasteiger partial charge in [0.25, 0.3) is 5.91 Å². The Morgan fingerprint density at radius 2 is 1.96 bits per heavy atom. The molecular weight excluding hydrogens is 312 g/mol. The Bertz CT molecular complexity index is 727. The van der Waals surface area contributed by atoms with Crippen LogP contribution < -0.4 is 14.8 Å². The molecule has 0 spiro atoms. The first kappa shape index (κ1) is 15.9. The number of benzene rings is 1. The summed E-state index contributed by atoms with van der Waals surface area (Å²) < 4.78 is 16.2. The van der Waals surface area contributed by atoms with E-state index in [0.29, 0.717) is 30.4 Å². The Labute approximate surface area is 139 Å². The van der Waals surface area contributed by atoms with E-state index in [4.69, 9.17) is 13.9 Å². The lowest BCUT2D eigenvalue weighted by Crippen LogP contribution is -2.34. The van der Waals surface area contributed by atoms with Crippen molar-refractivity contribution in [2.45, 2.75) is 6.42 Å². The van der Waals surface area contributed by atoms with Gasteiger partial charge in [-0.25, -0.2) is 0 Å². The molecule has 0 aliphatic carbocycles. The van der Waals surface area contributed by atoms with E-state index in [1.54, 1.807) is 37.4 Å². The summed E-state index contributed by atoms with van der Waals surface area (Å²) in [4.78, 5) is 25.5. The van der Waals surface area contributed by atoms with E-state index in [1.807, 2.05) is 0 Å². The SMILES string of the molecule is CN(CC(=O)Nc1ccc2c(c1)OCCCO2)C(=O)c1ccco1. The third-order valence-corrected chi connectivity index (χ3v) is 3.49. The zero-order chi connectivity index (χ0) is 16.9. The zero-order valence-electron chi connectivity index (χ0n) is 13.3. The molecule has 7 heteroatoms. The number of nitrogens with zero attached hydrogens (tertiary/aromatic N) is 1. The maximum atomic E-state index is 12.1. The number of likely N-dealkylation sites (N-methyl/N-ethyl adjacent to an activating group) is 1. The summed E-state index contributed by atoms with van der Waals surface area (Å²) >= 11 is 0. The lowest BCUT2D eigenvalue weighted by Gasteiger charge is -2.16. The molecule has 1 aliphatic rings. The van der Waals surface area contributed by atoms with Crippen LogP contribution in [0.2, 0.25) is 0 Å². The summed E-state index contributed by atoms with van der Waals surface area (Å²) in [5, 5.41) is 2.74. The second kappa shape index (κ2) is 7.08. The molecule has 0 bridgehead atoms. The van der Waals surface area contributed by atoms with Crippen molar-refractivity contribution in [3.05, 3.63) is 42.4 Å². The lowest BCUT2D eigenvalue weighted by atomic mass is 10.2. The van der Waals surface area contributed by atoms with Gasteiger partial charge in [0.1, 0.15) is 0 Å². The highest BCUT2D eigenvalue weighted by molar-refractivity contribution is 5.98. The van der Waals surface area contributed by atoms with Crippen LogP contribution in [0.25, 0.3) is 0 Å². The van der Waals surface area contributed by atoms with E-state index >= 15 is 0 Å². The molecule has 0 saturated heterocycles. The fourth-order valence-electron chi connectivity index (χ4n) is 2.32. The Balaban J connectivity index is 1.60. The maximum absolute atomic E-state index is 12.1. The number of amides is 2. The topological polar surface area (TPSA) is 81.0 Å². The molecular formula is C17H18N2O5. The number of rotatable bonds is 4. The van der Waals surface area contributed by atoms with Gasteiger partial charge in [0.05, 0.1) is 26.0 Å². The predicted octanol–water partition coefficient (Wildman–Crippen LogP) is 2.15. The van der Waals surface area contributed by atoms with E-state index in [1.165, 1.54) is 11.2 Å². The molecule has 1 aliphatic heterocycles. The number of hydrogen-bond acceptors (Lipinski definition) is 5. The van der Waals surface area contributed by atoms with Crippen LogP contribution in [-0.4, -0.2) is 43.5 Å². The Kier molecular flexibility index (Phi) is 4.69. The van der Waals surface area contributed by atoms with Crippen molar-refractivity contribution in [1.29, 1.82) is 0 Å². The van der Waals surface area contributed by atoms with Crippen LogP contribution in [0.4, 0.5) is 5.69 Å². The van der Waals surface area contributed by atoms with Crippen molar-refractivity contribution in [3.63, 3.8) is 0 Å². The number of nitrogens with one attached hydrogen (secondary N) is 1. The van der Waals surface area contributed by atoms with Crippen molar-refractivity contribution in [2.24, 2.45) is 0 Å². The number of fused-ring (bicyclic) bond motifs is 1. The molecule has 2 heterocycles. The van der Waals surface area contributed by atoms with Gasteiger partial charge in [0.15, 0.2) is 17.3 Å². The van der Waals surface area contributed by atoms with Crippen LogP contribution in [0.5, 0.6) is 11.5 Å². The predicted molar refractivity (Wildman–Crippen MR) is 86.3 cm³/mol. The molecule has 1 aromatic carbocycles. The van der Waals surface area contributed by atoms with Gasteiger partial charge in [0, 0.05) is 25.2 Å². The molecule has 2 amide bonds. The minimum absolute atomic E-state index is 0.0893. The Hall–Kier alpha value is -2.96. The molecule has 0 unspecified atom stereocenters. The molecule has 0 saturated carbocycles. The average Bonchev–Trinajstić information content (AvgIpc) is 3.00. The van der Waals surface area contributed by atoms with Crippen LogP contribution in [0.15, 0.2) is 41.0 Å².